The van der Waals surface area contributed by atoms with Gasteiger partial charge in [-0.3, -0.25) is 8.98 Å². The quantitative estimate of drug-likeness (QED) is 0.584. The Morgan fingerprint density at radius 1 is 1.33 bits per heavy atom. The Morgan fingerprint density at radius 2 is 1.92 bits per heavy atom. The van der Waals surface area contributed by atoms with Gasteiger partial charge in [-0.1, -0.05) is 6.92 Å². The molecule has 0 bridgehead atoms. The molecular formula is C7H14O4S. The van der Waals surface area contributed by atoms with Gasteiger partial charge < -0.3 is 0 Å². The van der Waals surface area contributed by atoms with E-state index in [4.69, 9.17) is 0 Å². The summed E-state index contributed by atoms with van der Waals surface area (Å²) in [6.45, 7) is 3.01. The SMILES string of the molecule is CCCC(=O)COS(=O)(=O)CC. The number of ketones is 1. The van der Waals surface area contributed by atoms with Crippen molar-refractivity contribution in [3.8, 4) is 0 Å². The minimum atomic E-state index is -3.45. The van der Waals surface area contributed by atoms with E-state index in [1.807, 2.05) is 6.92 Å². The molecule has 0 saturated heterocycles. The van der Waals surface area contributed by atoms with E-state index in [1.165, 1.54) is 6.92 Å². The molecule has 0 aromatic rings. The van der Waals surface area contributed by atoms with Crippen molar-refractivity contribution < 1.29 is 17.4 Å². The van der Waals surface area contributed by atoms with Crippen LogP contribution in [0.25, 0.3) is 0 Å². The lowest BCUT2D eigenvalue weighted by Gasteiger charge is -2.00. The number of hydrogen-bond donors (Lipinski definition) is 0. The maximum absolute atomic E-state index is 10.8. The molecule has 0 spiro atoms. The minimum Gasteiger partial charge on any atom is -0.297 e. The van der Waals surface area contributed by atoms with Gasteiger partial charge in [-0.15, -0.1) is 0 Å². The highest BCUT2D eigenvalue weighted by atomic mass is 32.2. The van der Waals surface area contributed by atoms with Crippen LogP contribution in [0.2, 0.25) is 0 Å². The van der Waals surface area contributed by atoms with E-state index in [0.29, 0.717) is 12.8 Å². The van der Waals surface area contributed by atoms with Crippen LogP contribution >= 0.6 is 0 Å². The van der Waals surface area contributed by atoms with Gasteiger partial charge in [0, 0.05) is 6.42 Å². The third-order valence-corrected chi connectivity index (χ3v) is 2.47. The minimum absolute atomic E-state index is 0.0909. The van der Waals surface area contributed by atoms with E-state index < -0.39 is 10.1 Å². The number of carbonyl (C=O) groups is 1. The van der Waals surface area contributed by atoms with Gasteiger partial charge in [0.1, 0.15) is 6.61 Å². The number of hydrogen-bond acceptors (Lipinski definition) is 4. The normalized spacial score (nSPS) is 11.5. The topological polar surface area (TPSA) is 60.4 Å². The lowest BCUT2D eigenvalue weighted by Crippen LogP contribution is -2.15. The van der Waals surface area contributed by atoms with Crippen molar-refractivity contribution >= 4 is 15.9 Å². The van der Waals surface area contributed by atoms with Crippen molar-refractivity contribution in [1.82, 2.24) is 0 Å². The van der Waals surface area contributed by atoms with E-state index in [1.54, 1.807) is 0 Å². The van der Waals surface area contributed by atoms with Gasteiger partial charge in [0.15, 0.2) is 5.78 Å². The first-order valence-electron chi connectivity index (χ1n) is 3.90. The van der Waals surface area contributed by atoms with Crippen molar-refractivity contribution in [2.24, 2.45) is 0 Å². The van der Waals surface area contributed by atoms with Crippen LogP contribution in [-0.2, 0) is 19.1 Å². The van der Waals surface area contributed by atoms with Crippen molar-refractivity contribution in [1.29, 1.82) is 0 Å². The highest BCUT2D eigenvalue weighted by molar-refractivity contribution is 7.86. The van der Waals surface area contributed by atoms with E-state index >= 15 is 0 Å². The molecule has 0 fully saturated rings. The predicted octanol–water partition coefficient (Wildman–Crippen LogP) is 0.722. The second kappa shape index (κ2) is 5.27. The molecule has 0 saturated carbocycles. The third-order valence-electron chi connectivity index (χ3n) is 1.28. The largest absolute Gasteiger partial charge is 0.297 e. The molecule has 72 valence electrons. The lowest BCUT2D eigenvalue weighted by molar-refractivity contribution is -0.120. The summed E-state index contributed by atoms with van der Waals surface area (Å²) in [4.78, 5) is 10.8. The fourth-order valence-electron chi connectivity index (χ4n) is 0.590. The van der Waals surface area contributed by atoms with Gasteiger partial charge >= 0.3 is 0 Å². The van der Waals surface area contributed by atoms with Crippen molar-refractivity contribution in [2.75, 3.05) is 12.4 Å². The third kappa shape index (κ3) is 5.26. The van der Waals surface area contributed by atoms with Gasteiger partial charge in [0.2, 0.25) is 0 Å². The smallest absolute Gasteiger partial charge is 0.267 e. The Labute approximate surface area is 73.0 Å². The first kappa shape index (κ1) is 11.6. The second-order valence-electron chi connectivity index (χ2n) is 2.40. The van der Waals surface area contributed by atoms with Crippen molar-refractivity contribution in [2.45, 2.75) is 26.7 Å². The van der Waals surface area contributed by atoms with E-state index in [0.717, 1.165) is 0 Å². The molecule has 0 aliphatic heterocycles. The maximum Gasteiger partial charge on any atom is 0.267 e. The predicted molar refractivity (Wildman–Crippen MR) is 45.3 cm³/mol. The molecule has 0 rings (SSSR count). The van der Waals surface area contributed by atoms with E-state index in [2.05, 4.69) is 4.18 Å². The molecule has 0 atom stereocenters. The molecular weight excluding hydrogens is 180 g/mol. The molecule has 12 heavy (non-hydrogen) atoms. The van der Waals surface area contributed by atoms with Gasteiger partial charge in [-0.05, 0) is 13.3 Å². The highest BCUT2D eigenvalue weighted by Crippen LogP contribution is 1.95. The molecule has 0 aromatic heterocycles. The van der Waals surface area contributed by atoms with Crippen molar-refractivity contribution in [3.63, 3.8) is 0 Å². The zero-order chi connectivity index (χ0) is 9.61. The summed E-state index contributed by atoms with van der Waals surface area (Å²) in [5, 5.41) is 0. The summed E-state index contributed by atoms with van der Waals surface area (Å²) >= 11 is 0. The van der Waals surface area contributed by atoms with Crippen LogP contribution in [0.5, 0.6) is 0 Å². The fraction of sp³-hybridized carbons (Fsp3) is 0.857. The maximum atomic E-state index is 10.8. The number of carbonyl (C=O) groups excluding carboxylic acids is 1. The van der Waals surface area contributed by atoms with Crippen LogP contribution in [0, 0.1) is 0 Å². The van der Waals surface area contributed by atoms with E-state index in [-0.39, 0.29) is 18.1 Å². The molecule has 4 nitrogen and oxygen atoms in total. The van der Waals surface area contributed by atoms with Crippen LogP contribution in [0.3, 0.4) is 0 Å². The monoisotopic (exact) mass is 194 g/mol. The Kier molecular flexibility index (Phi) is 5.08. The van der Waals surface area contributed by atoms with Crippen LogP contribution in [0.15, 0.2) is 0 Å². The zero-order valence-corrected chi connectivity index (χ0v) is 8.19. The summed E-state index contributed by atoms with van der Waals surface area (Å²) in [5.74, 6) is -0.263. The van der Waals surface area contributed by atoms with Gasteiger partial charge in [-0.25, -0.2) is 0 Å². The van der Waals surface area contributed by atoms with Crippen molar-refractivity contribution in [3.05, 3.63) is 0 Å². The van der Waals surface area contributed by atoms with E-state index in [9.17, 15) is 13.2 Å². The molecule has 0 aromatic carbocycles. The Hall–Kier alpha value is -0.420. The molecule has 0 aliphatic rings. The van der Waals surface area contributed by atoms with Gasteiger partial charge in [0.05, 0.1) is 5.75 Å². The first-order valence-corrected chi connectivity index (χ1v) is 5.48. The number of rotatable bonds is 6. The Morgan fingerprint density at radius 3 is 2.33 bits per heavy atom. The van der Waals surface area contributed by atoms with Gasteiger partial charge in [-0.2, -0.15) is 8.42 Å². The molecule has 0 heterocycles. The fourth-order valence-corrected chi connectivity index (χ4v) is 1.07. The lowest BCUT2D eigenvalue weighted by atomic mass is 10.2. The zero-order valence-electron chi connectivity index (χ0n) is 7.37. The first-order chi connectivity index (χ1) is 5.52. The van der Waals surface area contributed by atoms with Crippen LogP contribution in [-0.4, -0.2) is 26.6 Å². The molecule has 0 amide bonds. The summed E-state index contributed by atoms with van der Waals surface area (Å²) in [7, 11) is -3.45. The van der Waals surface area contributed by atoms with Crippen LogP contribution in [0.4, 0.5) is 0 Å². The van der Waals surface area contributed by atoms with Crippen LogP contribution < -0.4 is 0 Å². The molecule has 0 unspecified atom stereocenters. The molecule has 0 aliphatic carbocycles. The molecule has 5 heteroatoms. The van der Waals surface area contributed by atoms with Gasteiger partial charge in [0.25, 0.3) is 10.1 Å². The molecule has 0 radical (unpaired) electrons. The number of Topliss-reactive ketones (excluding diaryl/α,β-unsaturated/α-hetero) is 1. The summed E-state index contributed by atoms with van der Waals surface area (Å²) in [5.41, 5.74) is 0. The Bertz CT molecular complexity index is 230. The Balaban J connectivity index is 3.76. The highest BCUT2D eigenvalue weighted by Gasteiger charge is 2.09. The van der Waals surface area contributed by atoms with Crippen LogP contribution in [0.1, 0.15) is 26.7 Å². The molecule has 0 N–H and O–H groups in total. The standard InChI is InChI=1S/C7H14O4S/c1-3-5-7(8)6-11-12(9,10)4-2/h3-6H2,1-2H3. The average Bonchev–Trinajstić information content (AvgIpc) is 2.02. The summed E-state index contributed by atoms with van der Waals surface area (Å²) in [6.07, 6.45) is 1.09. The average molecular weight is 194 g/mol. The summed E-state index contributed by atoms with van der Waals surface area (Å²) in [6, 6.07) is 0. The second-order valence-corrected chi connectivity index (χ2v) is 4.33. The summed E-state index contributed by atoms with van der Waals surface area (Å²) < 4.78 is 25.9.